The van der Waals surface area contributed by atoms with Crippen LogP contribution in [0.15, 0.2) is 52.6 Å². The zero-order valence-corrected chi connectivity index (χ0v) is 21.0. The van der Waals surface area contributed by atoms with Gasteiger partial charge in [-0.15, -0.1) is 0 Å². The Morgan fingerprint density at radius 2 is 1.76 bits per heavy atom. The van der Waals surface area contributed by atoms with Crippen LogP contribution >= 0.6 is 12.2 Å². The number of carbonyl (C=O) groups excluding carboxylic acids is 1. The Bertz CT molecular complexity index is 1250. The van der Waals surface area contributed by atoms with Crippen molar-refractivity contribution in [3.63, 3.8) is 0 Å². The van der Waals surface area contributed by atoms with Crippen molar-refractivity contribution in [1.82, 2.24) is 15.5 Å². The number of amides is 1. The molecule has 10 heteroatoms. The van der Waals surface area contributed by atoms with Gasteiger partial charge >= 0.3 is 10.1 Å². The van der Waals surface area contributed by atoms with Crippen LogP contribution in [0.1, 0.15) is 29.7 Å². The first-order valence-electron chi connectivity index (χ1n) is 10.1. The third-order valence-electron chi connectivity index (χ3n) is 5.24. The van der Waals surface area contributed by atoms with Crippen LogP contribution in [0, 0.1) is 13.8 Å². The van der Waals surface area contributed by atoms with E-state index in [0.717, 1.165) is 5.56 Å². The fourth-order valence-corrected chi connectivity index (χ4v) is 5.07. The van der Waals surface area contributed by atoms with Crippen LogP contribution in [0.5, 0.6) is 11.5 Å². The number of nitrogens with one attached hydrogen (secondary N) is 2. The Morgan fingerprint density at radius 3 is 2.39 bits per heavy atom. The first-order chi connectivity index (χ1) is 15.4. The maximum Gasteiger partial charge on any atom is 0.339 e. The summed E-state index contributed by atoms with van der Waals surface area (Å²) in [5.74, 6) is 0.0681. The lowest BCUT2D eigenvalue weighted by atomic mass is 9.94. The fourth-order valence-electron chi connectivity index (χ4n) is 3.54. The Morgan fingerprint density at radius 1 is 1.06 bits per heavy atom. The molecule has 33 heavy (non-hydrogen) atoms. The summed E-state index contributed by atoms with van der Waals surface area (Å²) in [7, 11) is 0.672. The number of thiocarbonyl (C=S) groups is 1. The van der Waals surface area contributed by atoms with Crippen molar-refractivity contribution in [2.24, 2.45) is 0 Å². The molecule has 0 bridgehead atoms. The summed E-state index contributed by atoms with van der Waals surface area (Å²) in [5, 5.41) is 6.47. The zero-order chi connectivity index (χ0) is 24.5. The molecule has 3 rings (SSSR count). The lowest BCUT2D eigenvalue weighted by molar-refractivity contribution is -0.125. The number of ether oxygens (including phenoxy) is 1. The first kappa shape index (κ1) is 24.5. The monoisotopic (exact) mass is 489 g/mol. The topological polar surface area (TPSA) is 97.0 Å². The van der Waals surface area contributed by atoms with E-state index in [1.807, 2.05) is 13.0 Å². The summed E-state index contributed by atoms with van der Waals surface area (Å²) in [6.07, 6.45) is 0. The standard InChI is InChI=1S/C23H27N3O5S2/c1-13-7-8-14(2)19(11-13)33(28,29)31-17-10-9-16(12-18(17)30-6)21-20(22(27)26(4)5)15(3)24-23(32)25-21/h7-12,21H,1-6H3,(H2,24,25,32)/t21-/m0/s1. The molecule has 1 atom stereocenters. The maximum atomic E-state index is 13.0. The number of likely N-dealkylation sites (N-methyl/N-ethyl adjacent to an activating group) is 1. The lowest BCUT2D eigenvalue weighted by Gasteiger charge is -2.31. The zero-order valence-electron chi connectivity index (χ0n) is 19.3. The van der Waals surface area contributed by atoms with Gasteiger partial charge in [0, 0.05) is 19.8 Å². The number of methoxy groups -OCH3 is 1. The van der Waals surface area contributed by atoms with E-state index in [2.05, 4.69) is 10.6 Å². The molecule has 0 aromatic heterocycles. The van der Waals surface area contributed by atoms with Crippen molar-refractivity contribution >= 4 is 33.4 Å². The second-order valence-electron chi connectivity index (χ2n) is 7.99. The molecule has 0 spiro atoms. The molecule has 2 aromatic rings. The highest BCUT2D eigenvalue weighted by atomic mass is 32.2. The predicted molar refractivity (Wildman–Crippen MR) is 130 cm³/mol. The minimum atomic E-state index is -4.09. The molecule has 176 valence electrons. The van der Waals surface area contributed by atoms with Crippen LogP contribution in [0.3, 0.4) is 0 Å². The van der Waals surface area contributed by atoms with Crippen LogP contribution in [0.2, 0.25) is 0 Å². The molecule has 8 nitrogen and oxygen atoms in total. The molecule has 1 aliphatic heterocycles. The number of hydrogen-bond acceptors (Lipinski definition) is 6. The minimum absolute atomic E-state index is 0.0415. The molecule has 0 aliphatic carbocycles. The normalized spacial score (nSPS) is 16.1. The number of carbonyl (C=O) groups is 1. The summed E-state index contributed by atoms with van der Waals surface area (Å²) in [6, 6.07) is 9.41. The van der Waals surface area contributed by atoms with Crippen molar-refractivity contribution in [3.8, 4) is 11.5 Å². The minimum Gasteiger partial charge on any atom is -0.493 e. The number of nitrogens with zero attached hydrogens (tertiary/aromatic N) is 1. The molecule has 1 heterocycles. The number of benzene rings is 2. The van der Waals surface area contributed by atoms with Gasteiger partial charge < -0.3 is 24.5 Å². The average Bonchev–Trinajstić information content (AvgIpc) is 2.74. The van der Waals surface area contributed by atoms with Gasteiger partial charge in [0.15, 0.2) is 16.6 Å². The molecule has 0 fully saturated rings. The van der Waals surface area contributed by atoms with E-state index in [4.69, 9.17) is 21.1 Å². The smallest absolute Gasteiger partial charge is 0.339 e. The Kier molecular flexibility index (Phi) is 6.99. The van der Waals surface area contributed by atoms with Gasteiger partial charge in [0.25, 0.3) is 5.91 Å². The van der Waals surface area contributed by atoms with E-state index >= 15 is 0 Å². The highest BCUT2D eigenvalue weighted by molar-refractivity contribution is 7.87. The number of rotatable bonds is 6. The Balaban J connectivity index is 2.02. The van der Waals surface area contributed by atoms with E-state index in [9.17, 15) is 13.2 Å². The van der Waals surface area contributed by atoms with E-state index in [1.54, 1.807) is 52.2 Å². The molecule has 2 aromatic carbocycles. The van der Waals surface area contributed by atoms with Gasteiger partial charge in [-0.05, 0) is 67.9 Å². The van der Waals surface area contributed by atoms with Crippen LogP contribution in [-0.4, -0.2) is 45.5 Å². The number of hydrogen-bond donors (Lipinski definition) is 2. The molecule has 1 amide bonds. The molecule has 0 unspecified atom stereocenters. The van der Waals surface area contributed by atoms with Crippen LogP contribution in [0.4, 0.5) is 0 Å². The number of allylic oxidation sites excluding steroid dienone is 1. The van der Waals surface area contributed by atoms with Gasteiger partial charge in [-0.1, -0.05) is 18.2 Å². The third kappa shape index (κ3) is 5.12. The quantitative estimate of drug-likeness (QED) is 0.472. The molecule has 0 saturated heterocycles. The summed E-state index contributed by atoms with van der Waals surface area (Å²) in [6.45, 7) is 5.30. The summed E-state index contributed by atoms with van der Waals surface area (Å²) in [5.41, 5.74) is 3.18. The predicted octanol–water partition coefficient (Wildman–Crippen LogP) is 2.96. The fraction of sp³-hybridized carbons (Fsp3) is 0.304. The van der Waals surface area contributed by atoms with Gasteiger partial charge in [-0.3, -0.25) is 4.79 Å². The van der Waals surface area contributed by atoms with E-state index in [1.165, 1.54) is 18.1 Å². The second kappa shape index (κ2) is 9.40. The highest BCUT2D eigenvalue weighted by Gasteiger charge is 2.31. The molecule has 0 radical (unpaired) electrons. The second-order valence-corrected chi connectivity index (χ2v) is 9.91. The largest absolute Gasteiger partial charge is 0.493 e. The molecule has 2 N–H and O–H groups in total. The van der Waals surface area contributed by atoms with E-state index in [-0.39, 0.29) is 22.3 Å². The van der Waals surface area contributed by atoms with E-state index in [0.29, 0.717) is 27.5 Å². The van der Waals surface area contributed by atoms with Crippen LogP contribution in [-0.2, 0) is 14.9 Å². The van der Waals surface area contributed by atoms with E-state index < -0.39 is 16.2 Å². The molecule has 1 aliphatic rings. The van der Waals surface area contributed by atoms with Gasteiger partial charge in [0.1, 0.15) is 4.90 Å². The van der Waals surface area contributed by atoms with Gasteiger partial charge in [0.2, 0.25) is 0 Å². The molecular formula is C23H27N3O5S2. The summed E-state index contributed by atoms with van der Waals surface area (Å²) in [4.78, 5) is 14.4. The van der Waals surface area contributed by atoms with Crippen molar-refractivity contribution in [1.29, 1.82) is 0 Å². The van der Waals surface area contributed by atoms with Crippen LogP contribution in [0.25, 0.3) is 0 Å². The summed E-state index contributed by atoms with van der Waals surface area (Å²) < 4.78 is 36.8. The Labute approximate surface area is 199 Å². The SMILES string of the molecule is COc1cc([C@@H]2NC(=S)NC(C)=C2C(=O)N(C)C)ccc1OS(=O)(=O)c1cc(C)ccc1C. The lowest BCUT2D eigenvalue weighted by Crippen LogP contribution is -2.46. The molecule has 0 saturated carbocycles. The first-order valence-corrected chi connectivity index (χ1v) is 12.0. The van der Waals surface area contributed by atoms with Crippen molar-refractivity contribution in [2.75, 3.05) is 21.2 Å². The highest BCUT2D eigenvalue weighted by Crippen LogP contribution is 2.36. The average molecular weight is 490 g/mol. The van der Waals surface area contributed by atoms with Crippen molar-refractivity contribution < 1.29 is 22.1 Å². The van der Waals surface area contributed by atoms with Crippen LogP contribution < -0.4 is 19.6 Å². The number of aryl methyl sites for hydroxylation is 2. The van der Waals surface area contributed by atoms with Gasteiger partial charge in [-0.25, -0.2) is 0 Å². The summed E-state index contributed by atoms with van der Waals surface area (Å²) >= 11 is 5.28. The van der Waals surface area contributed by atoms with Crippen molar-refractivity contribution in [2.45, 2.75) is 31.7 Å². The van der Waals surface area contributed by atoms with Gasteiger partial charge in [0.05, 0.1) is 18.7 Å². The van der Waals surface area contributed by atoms with Crippen molar-refractivity contribution in [3.05, 3.63) is 64.4 Å². The van der Waals surface area contributed by atoms with Gasteiger partial charge in [-0.2, -0.15) is 8.42 Å². The molecular weight excluding hydrogens is 462 g/mol. The third-order valence-corrected chi connectivity index (χ3v) is 6.84. The maximum absolute atomic E-state index is 13.0. The Hall–Kier alpha value is -3.11.